The van der Waals surface area contributed by atoms with Gasteiger partial charge in [0.1, 0.15) is 5.00 Å². The summed E-state index contributed by atoms with van der Waals surface area (Å²) in [6.07, 6.45) is 6.36. The number of thiophene rings is 1. The molecule has 5 nitrogen and oxygen atoms in total. The molecule has 2 rings (SSSR count). The van der Waals surface area contributed by atoms with Crippen LogP contribution in [0.2, 0.25) is 0 Å². The standard InChI is InChI=1S/C17H26N2O3S/c1-3-5-10-18-11-14(20)19-16-15(17(21)22-4-2)12-8-6-7-9-13(12)23-16/h18H,3-11H2,1-2H3,(H,19,20)/p+1. The molecular weight excluding hydrogens is 312 g/mol. The highest BCUT2D eigenvalue weighted by Gasteiger charge is 2.27. The van der Waals surface area contributed by atoms with Crippen LogP contribution >= 0.6 is 11.3 Å². The number of unbranched alkanes of at least 4 members (excludes halogenated alkanes) is 1. The smallest absolute Gasteiger partial charge is 0.341 e. The zero-order chi connectivity index (χ0) is 16.7. The molecule has 0 atom stereocenters. The summed E-state index contributed by atoms with van der Waals surface area (Å²) in [5, 5.41) is 5.61. The first kappa shape index (κ1) is 17.9. The van der Waals surface area contributed by atoms with E-state index < -0.39 is 0 Å². The van der Waals surface area contributed by atoms with E-state index in [4.69, 9.17) is 4.74 Å². The van der Waals surface area contributed by atoms with Crippen molar-refractivity contribution in [1.82, 2.24) is 0 Å². The van der Waals surface area contributed by atoms with Crippen molar-refractivity contribution in [3.63, 3.8) is 0 Å². The quantitative estimate of drug-likeness (QED) is 0.563. The highest BCUT2D eigenvalue weighted by molar-refractivity contribution is 7.17. The number of carbonyl (C=O) groups is 2. The Kier molecular flexibility index (Phi) is 7.05. The lowest BCUT2D eigenvalue weighted by Crippen LogP contribution is -2.86. The number of amides is 1. The molecule has 0 spiro atoms. The van der Waals surface area contributed by atoms with Crippen LogP contribution in [0.1, 0.15) is 60.3 Å². The number of hydrogen-bond acceptors (Lipinski definition) is 4. The Labute approximate surface area is 141 Å². The van der Waals surface area contributed by atoms with E-state index in [9.17, 15) is 9.59 Å². The van der Waals surface area contributed by atoms with Crippen LogP contribution in [-0.4, -0.2) is 31.6 Å². The van der Waals surface area contributed by atoms with Gasteiger partial charge < -0.3 is 15.4 Å². The second-order valence-corrected chi connectivity index (χ2v) is 6.92. The summed E-state index contributed by atoms with van der Waals surface area (Å²) in [5.74, 6) is -0.359. The monoisotopic (exact) mass is 339 g/mol. The van der Waals surface area contributed by atoms with Crippen molar-refractivity contribution in [3.05, 3.63) is 16.0 Å². The minimum atomic E-state index is -0.308. The fraction of sp³-hybridized carbons (Fsp3) is 0.647. The van der Waals surface area contributed by atoms with Crippen molar-refractivity contribution >= 4 is 28.2 Å². The molecule has 0 saturated heterocycles. The van der Waals surface area contributed by atoms with Crippen molar-refractivity contribution in [2.45, 2.75) is 52.4 Å². The van der Waals surface area contributed by atoms with Crippen molar-refractivity contribution in [1.29, 1.82) is 0 Å². The summed E-state index contributed by atoms with van der Waals surface area (Å²) in [7, 11) is 0. The maximum atomic E-state index is 12.3. The molecule has 128 valence electrons. The number of hydrogen-bond donors (Lipinski definition) is 2. The molecule has 1 aromatic rings. The fourth-order valence-electron chi connectivity index (χ4n) is 2.83. The highest BCUT2D eigenvalue weighted by Crippen LogP contribution is 2.38. The van der Waals surface area contributed by atoms with E-state index in [1.54, 1.807) is 18.3 Å². The number of rotatable bonds is 8. The molecule has 0 radical (unpaired) electrons. The van der Waals surface area contributed by atoms with Crippen molar-refractivity contribution in [2.24, 2.45) is 0 Å². The van der Waals surface area contributed by atoms with E-state index in [-0.39, 0.29) is 11.9 Å². The lowest BCUT2D eigenvalue weighted by Gasteiger charge is -2.12. The van der Waals surface area contributed by atoms with Gasteiger partial charge in [0, 0.05) is 4.88 Å². The largest absolute Gasteiger partial charge is 0.462 e. The van der Waals surface area contributed by atoms with Gasteiger partial charge in [-0.15, -0.1) is 11.3 Å². The third-order valence-corrected chi connectivity index (χ3v) is 5.20. The van der Waals surface area contributed by atoms with Crippen molar-refractivity contribution in [2.75, 3.05) is 25.0 Å². The first-order valence-electron chi connectivity index (χ1n) is 8.60. The molecule has 6 heteroatoms. The third-order valence-electron chi connectivity index (χ3n) is 4.00. The topological polar surface area (TPSA) is 72.0 Å². The summed E-state index contributed by atoms with van der Waals surface area (Å²) in [5.41, 5.74) is 1.68. The van der Waals surface area contributed by atoms with Gasteiger partial charge in [-0.25, -0.2) is 4.79 Å². The minimum Gasteiger partial charge on any atom is -0.462 e. The molecule has 0 unspecified atom stereocenters. The van der Waals surface area contributed by atoms with Crippen LogP contribution in [-0.2, 0) is 22.4 Å². The number of nitrogens with two attached hydrogens (primary N) is 1. The van der Waals surface area contributed by atoms with Gasteiger partial charge in [0.05, 0.1) is 18.7 Å². The Hall–Kier alpha value is -1.40. The molecule has 1 amide bonds. The molecule has 0 aliphatic heterocycles. The summed E-state index contributed by atoms with van der Waals surface area (Å²) >= 11 is 1.54. The zero-order valence-corrected chi connectivity index (χ0v) is 14.9. The number of aryl methyl sites for hydroxylation is 1. The number of ether oxygens (including phenoxy) is 1. The van der Waals surface area contributed by atoms with Crippen LogP contribution < -0.4 is 10.6 Å². The average molecular weight is 339 g/mol. The number of carbonyl (C=O) groups excluding carboxylic acids is 2. The SMILES string of the molecule is CCCC[NH2+]CC(=O)Nc1sc2c(c1C(=O)OCC)CCCC2. The van der Waals surface area contributed by atoms with Gasteiger partial charge >= 0.3 is 5.97 Å². The van der Waals surface area contributed by atoms with E-state index in [1.165, 1.54) is 4.88 Å². The van der Waals surface area contributed by atoms with Crippen LogP contribution in [0, 0.1) is 0 Å². The van der Waals surface area contributed by atoms with Crippen LogP contribution in [0.25, 0.3) is 0 Å². The Bertz CT molecular complexity index is 554. The molecule has 1 heterocycles. The molecule has 1 aliphatic rings. The highest BCUT2D eigenvalue weighted by atomic mass is 32.1. The molecule has 23 heavy (non-hydrogen) atoms. The molecule has 1 aromatic heterocycles. The zero-order valence-electron chi connectivity index (χ0n) is 14.1. The first-order valence-corrected chi connectivity index (χ1v) is 9.42. The predicted octanol–water partition coefficient (Wildman–Crippen LogP) is 2.11. The van der Waals surface area contributed by atoms with Gasteiger partial charge in [-0.05, 0) is 44.6 Å². The fourth-order valence-corrected chi connectivity index (χ4v) is 4.13. The Morgan fingerprint density at radius 2 is 2.04 bits per heavy atom. The summed E-state index contributed by atoms with van der Waals surface area (Å²) in [4.78, 5) is 25.7. The maximum absolute atomic E-state index is 12.3. The average Bonchev–Trinajstić information content (AvgIpc) is 2.89. The summed E-state index contributed by atoms with van der Waals surface area (Å²) < 4.78 is 5.20. The molecule has 0 fully saturated rings. The number of anilines is 1. The number of quaternary nitrogens is 1. The normalized spacial score (nSPS) is 13.5. The van der Waals surface area contributed by atoms with Crippen LogP contribution in [0.15, 0.2) is 0 Å². The summed E-state index contributed by atoms with van der Waals surface area (Å²) in [6, 6.07) is 0. The Morgan fingerprint density at radius 1 is 1.26 bits per heavy atom. The van der Waals surface area contributed by atoms with Crippen molar-refractivity contribution in [3.8, 4) is 0 Å². The van der Waals surface area contributed by atoms with E-state index >= 15 is 0 Å². The first-order chi connectivity index (χ1) is 11.2. The molecule has 0 aromatic carbocycles. The van der Waals surface area contributed by atoms with Gasteiger partial charge in [0.15, 0.2) is 6.54 Å². The van der Waals surface area contributed by atoms with Gasteiger partial charge in [-0.3, -0.25) is 4.79 Å². The van der Waals surface area contributed by atoms with Gasteiger partial charge in [-0.2, -0.15) is 0 Å². The second-order valence-electron chi connectivity index (χ2n) is 5.82. The third kappa shape index (κ3) is 4.78. The maximum Gasteiger partial charge on any atom is 0.341 e. The minimum absolute atomic E-state index is 0.0507. The van der Waals surface area contributed by atoms with E-state index in [2.05, 4.69) is 12.2 Å². The Balaban J connectivity index is 2.09. The number of nitrogens with one attached hydrogen (secondary N) is 1. The van der Waals surface area contributed by atoms with Gasteiger partial charge in [0.2, 0.25) is 0 Å². The Morgan fingerprint density at radius 3 is 2.78 bits per heavy atom. The predicted molar refractivity (Wildman–Crippen MR) is 92.1 cm³/mol. The lowest BCUT2D eigenvalue weighted by atomic mass is 9.95. The molecule has 3 N–H and O–H groups in total. The molecule has 1 aliphatic carbocycles. The summed E-state index contributed by atoms with van der Waals surface area (Å²) in [6.45, 7) is 5.63. The van der Waals surface area contributed by atoms with Crippen LogP contribution in [0.5, 0.6) is 0 Å². The lowest BCUT2D eigenvalue weighted by molar-refractivity contribution is -0.643. The van der Waals surface area contributed by atoms with E-state index in [1.807, 2.05) is 5.32 Å². The molecule has 0 saturated carbocycles. The number of fused-ring (bicyclic) bond motifs is 1. The van der Waals surface area contributed by atoms with E-state index in [0.29, 0.717) is 23.7 Å². The number of esters is 1. The van der Waals surface area contributed by atoms with E-state index in [0.717, 1.165) is 50.6 Å². The van der Waals surface area contributed by atoms with Gasteiger partial charge in [0.25, 0.3) is 5.91 Å². The second kappa shape index (κ2) is 9.03. The molecule has 0 bridgehead atoms. The van der Waals surface area contributed by atoms with Crippen molar-refractivity contribution < 1.29 is 19.6 Å². The van der Waals surface area contributed by atoms with Crippen LogP contribution in [0.3, 0.4) is 0 Å². The van der Waals surface area contributed by atoms with Crippen LogP contribution in [0.4, 0.5) is 5.00 Å². The van der Waals surface area contributed by atoms with Gasteiger partial charge in [-0.1, -0.05) is 13.3 Å². The molecular formula is C17H27N2O3S+.